The van der Waals surface area contributed by atoms with Crippen LogP contribution in [0.2, 0.25) is 0 Å². The zero-order valence-electron chi connectivity index (χ0n) is 9.66. The van der Waals surface area contributed by atoms with Crippen molar-refractivity contribution < 1.29 is 4.79 Å². The molecule has 17 heavy (non-hydrogen) atoms. The van der Waals surface area contributed by atoms with Crippen molar-refractivity contribution in [1.29, 1.82) is 0 Å². The molecule has 0 radical (unpaired) electrons. The molecule has 1 aromatic rings. The Morgan fingerprint density at radius 1 is 1.29 bits per heavy atom. The number of carbonyl (C=O) groups is 1. The Hall–Kier alpha value is -0.830. The highest BCUT2D eigenvalue weighted by molar-refractivity contribution is 9.10. The molecular weight excluding hydrogens is 278 g/mol. The standard InChI is InChI=1S/C14H16BrNO/c15-11-2-1-3-12(8-11)16-14(17)13-7-9-4-5-10(13)6-9/h1-3,8-10,13H,4-7H2,(H,16,17)/t9-,10-,13-/m0/s1. The number of fused-ring (bicyclic) bond motifs is 2. The Balaban J connectivity index is 1.68. The van der Waals surface area contributed by atoms with Gasteiger partial charge in [-0.1, -0.05) is 28.4 Å². The Bertz CT molecular complexity index is 446. The predicted molar refractivity (Wildman–Crippen MR) is 71.7 cm³/mol. The number of hydrogen-bond donors (Lipinski definition) is 1. The lowest BCUT2D eigenvalue weighted by Gasteiger charge is -2.20. The zero-order chi connectivity index (χ0) is 11.8. The van der Waals surface area contributed by atoms with Gasteiger partial charge in [0, 0.05) is 16.1 Å². The van der Waals surface area contributed by atoms with Gasteiger partial charge in [0.1, 0.15) is 0 Å². The van der Waals surface area contributed by atoms with Crippen LogP contribution in [0.25, 0.3) is 0 Å². The second kappa shape index (κ2) is 4.45. The van der Waals surface area contributed by atoms with Crippen LogP contribution in [0.4, 0.5) is 5.69 Å². The molecule has 1 aromatic carbocycles. The Labute approximate surface area is 110 Å². The molecule has 0 unspecified atom stereocenters. The largest absolute Gasteiger partial charge is 0.326 e. The molecule has 90 valence electrons. The summed E-state index contributed by atoms with van der Waals surface area (Å²) in [6.07, 6.45) is 4.97. The lowest BCUT2D eigenvalue weighted by atomic mass is 9.88. The van der Waals surface area contributed by atoms with Gasteiger partial charge in [-0.2, -0.15) is 0 Å². The quantitative estimate of drug-likeness (QED) is 0.882. The molecule has 0 saturated heterocycles. The van der Waals surface area contributed by atoms with Gasteiger partial charge in [-0.05, 0) is 49.3 Å². The van der Waals surface area contributed by atoms with Crippen LogP contribution in [0.1, 0.15) is 25.7 Å². The van der Waals surface area contributed by atoms with Crippen molar-refractivity contribution in [2.45, 2.75) is 25.7 Å². The van der Waals surface area contributed by atoms with E-state index in [1.807, 2.05) is 24.3 Å². The third-order valence-electron chi connectivity index (χ3n) is 4.17. The molecule has 3 atom stereocenters. The number of rotatable bonds is 2. The van der Waals surface area contributed by atoms with Gasteiger partial charge in [0.25, 0.3) is 0 Å². The van der Waals surface area contributed by atoms with Crippen molar-refractivity contribution in [3.63, 3.8) is 0 Å². The summed E-state index contributed by atoms with van der Waals surface area (Å²) in [4.78, 5) is 12.2. The molecule has 0 aromatic heterocycles. The molecule has 2 aliphatic carbocycles. The summed E-state index contributed by atoms with van der Waals surface area (Å²) < 4.78 is 1.00. The van der Waals surface area contributed by atoms with Crippen LogP contribution < -0.4 is 5.32 Å². The molecule has 1 N–H and O–H groups in total. The highest BCUT2D eigenvalue weighted by Crippen LogP contribution is 2.48. The molecule has 1 amide bonds. The van der Waals surface area contributed by atoms with E-state index < -0.39 is 0 Å². The number of carbonyl (C=O) groups excluding carboxylic acids is 1. The number of hydrogen-bond acceptors (Lipinski definition) is 1. The van der Waals surface area contributed by atoms with E-state index in [0.29, 0.717) is 5.92 Å². The van der Waals surface area contributed by atoms with Crippen molar-refractivity contribution in [3.8, 4) is 0 Å². The Kier molecular flexibility index (Phi) is 2.95. The van der Waals surface area contributed by atoms with E-state index in [-0.39, 0.29) is 11.8 Å². The third kappa shape index (κ3) is 2.25. The van der Waals surface area contributed by atoms with Crippen molar-refractivity contribution in [2.24, 2.45) is 17.8 Å². The molecule has 2 nitrogen and oxygen atoms in total. The fourth-order valence-electron chi connectivity index (χ4n) is 3.37. The van der Waals surface area contributed by atoms with E-state index >= 15 is 0 Å². The average Bonchev–Trinajstić information content (AvgIpc) is 2.90. The van der Waals surface area contributed by atoms with E-state index in [9.17, 15) is 4.79 Å². The summed E-state index contributed by atoms with van der Waals surface area (Å²) in [5.41, 5.74) is 0.896. The van der Waals surface area contributed by atoms with Crippen LogP contribution in [0.3, 0.4) is 0 Å². The molecule has 2 bridgehead atoms. The summed E-state index contributed by atoms with van der Waals surface area (Å²) in [5, 5.41) is 3.04. The summed E-state index contributed by atoms with van der Waals surface area (Å²) in [6.45, 7) is 0. The van der Waals surface area contributed by atoms with Crippen LogP contribution in [-0.2, 0) is 4.79 Å². The Morgan fingerprint density at radius 3 is 2.82 bits per heavy atom. The van der Waals surface area contributed by atoms with Gasteiger partial charge in [-0.25, -0.2) is 0 Å². The number of nitrogens with one attached hydrogen (secondary N) is 1. The summed E-state index contributed by atoms with van der Waals surface area (Å²) in [7, 11) is 0. The molecule has 3 rings (SSSR count). The fourth-order valence-corrected chi connectivity index (χ4v) is 3.77. The molecule has 3 heteroatoms. The van der Waals surface area contributed by atoms with E-state index in [1.165, 1.54) is 19.3 Å². The van der Waals surface area contributed by atoms with Gasteiger partial charge in [-0.3, -0.25) is 4.79 Å². The normalized spacial score (nSPS) is 30.5. The van der Waals surface area contributed by atoms with E-state index in [4.69, 9.17) is 0 Å². The van der Waals surface area contributed by atoms with Crippen LogP contribution in [0.5, 0.6) is 0 Å². The molecule has 0 spiro atoms. The van der Waals surface area contributed by atoms with Gasteiger partial charge >= 0.3 is 0 Å². The average molecular weight is 294 g/mol. The second-order valence-electron chi connectivity index (χ2n) is 5.28. The molecule has 0 aliphatic heterocycles. The first-order valence-corrected chi connectivity index (χ1v) is 7.08. The maximum atomic E-state index is 12.2. The highest BCUT2D eigenvalue weighted by Gasteiger charge is 2.42. The van der Waals surface area contributed by atoms with Gasteiger partial charge in [0.15, 0.2) is 0 Å². The van der Waals surface area contributed by atoms with Crippen LogP contribution in [0.15, 0.2) is 28.7 Å². The van der Waals surface area contributed by atoms with Crippen molar-refractivity contribution in [3.05, 3.63) is 28.7 Å². The van der Waals surface area contributed by atoms with Gasteiger partial charge in [0.2, 0.25) is 5.91 Å². The topological polar surface area (TPSA) is 29.1 Å². The van der Waals surface area contributed by atoms with Crippen LogP contribution in [0, 0.1) is 17.8 Å². The van der Waals surface area contributed by atoms with E-state index in [1.54, 1.807) is 0 Å². The van der Waals surface area contributed by atoms with Crippen LogP contribution in [-0.4, -0.2) is 5.91 Å². The minimum Gasteiger partial charge on any atom is -0.326 e. The predicted octanol–water partition coefficient (Wildman–Crippen LogP) is 3.82. The van der Waals surface area contributed by atoms with Crippen molar-refractivity contribution in [1.82, 2.24) is 0 Å². The lowest BCUT2D eigenvalue weighted by Crippen LogP contribution is -2.27. The van der Waals surface area contributed by atoms with Gasteiger partial charge < -0.3 is 5.32 Å². The lowest BCUT2D eigenvalue weighted by molar-refractivity contribution is -0.121. The highest BCUT2D eigenvalue weighted by atomic mass is 79.9. The maximum Gasteiger partial charge on any atom is 0.227 e. The number of amides is 1. The second-order valence-corrected chi connectivity index (χ2v) is 6.20. The monoisotopic (exact) mass is 293 g/mol. The third-order valence-corrected chi connectivity index (χ3v) is 4.66. The van der Waals surface area contributed by atoms with Gasteiger partial charge in [0.05, 0.1) is 0 Å². The summed E-state index contributed by atoms with van der Waals surface area (Å²) in [5.74, 6) is 1.94. The number of halogens is 1. The minimum atomic E-state index is 0.218. The number of benzene rings is 1. The van der Waals surface area contributed by atoms with Crippen LogP contribution >= 0.6 is 15.9 Å². The smallest absolute Gasteiger partial charge is 0.227 e. The molecule has 2 aliphatic rings. The summed E-state index contributed by atoms with van der Waals surface area (Å²) in [6, 6.07) is 7.80. The summed E-state index contributed by atoms with van der Waals surface area (Å²) >= 11 is 3.42. The SMILES string of the molecule is O=C(Nc1cccc(Br)c1)[C@H]1C[C@H]2CC[C@H]1C2. The maximum absolute atomic E-state index is 12.2. The zero-order valence-corrected chi connectivity index (χ0v) is 11.2. The van der Waals surface area contributed by atoms with Crippen molar-refractivity contribution >= 4 is 27.5 Å². The first-order chi connectivity index (χ1) is 8.22. The Morgan fingerprint density at radius 2 is 2.18 bits per heavy atom. The first kappa shape index (κ1) is 11.3. The fraction of sp³-hybridized carbons (Fsp3) is 0.500. The molecule has 0 heterocycles. The molecular formula is C14H16BrNO. The molecule has 2 fully saturated rings. The van der Waals surface area contributed by atoms with E-state index in [2.05, 4.69) is 21.2 Å². The first-order valence-electron chi connectivity index (χ1n) is 6.29. The van der Waals surface area contributed by atoms with Crippen molar-refractivity contribution in [2.75, 3.05) is 5.32 Å². The number of anilines is 1. The minimum absolute atomic E-state index is 0.218. The molecule has 2 saturated carbocycles. The van der Waals surface area contributed by atoms with E-state index in [0.717, 1.165) is 22.5 Å². The van der Waals surface area contributed by atoms with Gasteiger partial charge in [-0.15, -0.1) is 0 Å².